The lowest BCUT2D eigenvalue weighted by Gasteiger charge is -2.14. The number of rotatable bonds is 0. The van der Waals surface area contributed by atoms with Gasteiger partial charge in [0.1, 0.15) is 6.54 Å². The molecule has 2 N–H and O–H groups in total. The second-order valence-electron chi connectivity index (χ2n) is 2.69. The van der Waals surface area contributed by atoms with Crippen molar-refractivity contribution in [2.75, 3.05) is 20.6 Å². The predicted octanol–water partition coefficient (Wildman–Crippen LogP) is -3.26. The zero-order valence-electron chi connectivity index (χ0n) is 5.76. The average Bonchev–Trinajstić information content (AvgIpc) is 1.82. The Bertz CT molecular complexity index is 130. The molecular formula is C5H12IN3. The zero-order valence-corrected chi connectivity index (χ0v) is 7.92. The summed E-state index contributed by atoms with van der Waals surface area (Å²) in [6.07, 6.45) is 0.951. The van der Waals surface area contributed by atoms with Crippen LogP contribution in [0.2, 0.25) is 0 Å². The molecule has 9 heavy (non-hydrogen) atoms. The van der Waals surface area contributed by atoms with Crippen LogP contribution in [0.1, 0.15) is 6.42 Å². The minimum atomic E-state index is 0. The van der Waals surface area contributed by atoms with Crippen LogP contribution in [0.5, 0.6) is 0 Å². The van der Waals surface area contributed by atoms with Gasteiger partial charge in [-0.15, -0.1) is 0 Å². The summed E-state index contributed by atoms with van der Waals surface area (Å²) >= 11 is 0. The maximum Gasteiger partial charge on any atom is 0.161 e. The van der Waals surface area contributed by atoms with E-state index in [1.165, 1.54) is 0 Å². The summed E-state index contributed by atoms with van der Waals surface area (Å²) < 4.78 is 0.700. The van der Waals surface area contributed by atoms with E-state index in [0.717, 1.165) is 18.8 Å². The molecule has 0 aliphatic carbocycles. The summed E-state index contributed by atoms with van der Waals surface area (Å²) in [5.74, 6) is 0.787. The van der Waals surface area contributed by atoms with Crippen LogP contribution in [0.4, 0.5) is 0 Å². The van der Waals surface area contributed by atoms with Gasteiger partial charge in [-0.05, 0) is 0 Å². The van der Waals surface area contributed by atoms with E-state index in [9.17, 15) is 0 Å². The topological polar surface area (TPSA) is 38.4 Å². The van der Waals surface area contributed by atoms with E-state index in [1.807, 2.05) is 14.1 Å². The van der Waals surface area contributed by atoms with Crippen molar-refractivity contribution in [3.63, 3.8) is 0 Å². The van der Waals surface area contributed by atoms with Crippen molar-refractivity contribution in [3.05, 3.63) is 0 Å². The lowest BCUT2D eigenvalue weighted by Crippen LogP contribution is -3.00. The molecule has 0 amide bonds. The van der Waals surface area contributed by atoms with Crippen LogP contribution in [0.15, 0.2) is 5.10 Å². The molecule has 0 fully saturated rings. The van der Waals surface area contributed by atoms with E-state index in [0.29, 0.717) is 4.59 Å². The predicted molar refractivity (Wildman–Crippen MR) is 33.2 cm³/mol. The van der Waals surface area contributed by atoms with E-state index >= 15 is 0 Å². The first-order valence-electron chi connectivity index (χ1n) is 2.78. The molecule has 1 aliphatic rings. The molecule has 1 heterocycles. The molecule has 54 valence electrons. The second kappa shape index (κ2) is 2.83. The molecule has 1 aliphatic heterocycles. The quantitative estimate of drug-likeness (QED) is 0.351. The Morgan fingerprint density at radius 1 is 1.56 bits per heavy atom. The Kier molecular flexibility index (Phi) is 2.88. The number of quaternary nitrogens is 1. The number of nitrogens with two attached hydrogens (primary N) is 1. The first-order valence-corrected chi connectivity index (χ1v) is 2.78. The molecule has 0 aromatic heterocycles. The van der Waals surface area contributed by atoms with Gasteiger partial charge in [-0.2, -0.15) is 0 Å². The van der Waals surface area contributed by atoms with Gasteiger partial charge >= 0.3 is 0 Å². The maximum absolute atomic E-state index is 5.44. The maximum atomic E-state index is 5.44. The molecule has 0 aromatic rings. The SMILES string of the molecule is C[N+]1(C)CCC(N)=N1.[I-]. The lowest BCUT2D eigenvalue weighted by atomic mass is 10.4. The zero-order chi connectivity index (χ0) is 6.20. The minimum absolute atomic E-state index is 0. The highest BCUT2D eigenvalue weighted by atomic mass is 127. The van der Waals surface area contributed by atoms with Gasteiger partial charge in [0.2, 0.25) is 0 Å². The Balaban J connectivity index is 0.000000640. The molecule has 0 bridgehead atoms. The van der Waals surface area contributed by atoms with Crippen molar-refractivity contribution in [1.29, 1.82) is 0 Å². The van der Waals surface area contributed by atoms with Crippen molar-refractivity contribution < 1.29 is 28.6 Å². The first kappa shape index (κ1) is 9.16. The van der Waals surface area contributed by atoms with Gasteiger partial charge in [-0.1, -0.05) is 5.10 Å². The van der Waals surface area contributed by atoms with E-state index in [4.69, 9.17) is 5.73 Å². The largest absolute Gasteiger partial charge is 1.00 e. The fourth-order valence-electron chi connectivity index (χ4n) is 0.836. The smallest absolute Gasteiger partial charge is 0.161 e. The third kappa shape index (κ3) is 2.49. The highest BCUT2D eigenvalue weighted by molar-refractivity contribution is 5.80. The van der Waals surface area contributed by atoms with Crippen molar-refractivity contribution in [2.45, 2.75) is 6.42 Å². The van der Waals surface area contributed by atoms with Crippen molar-refractivity contribution in [1.82, 2.24) is 0 Å². The number of hydrogen-bond acceptors (Lipinski definition) is 2. The summed E-state index contributed by atoms with van der Waals surface area (Å²) in [5.41, 5.74) is 5.44. The molecule has 0 saturated heterocycles. The van der Waals surface area contributed by atoms with Crippen LogP contribution < -0.4 is 29.7 Å². The summed E-state index contributed by atoms with van der Waals surface area (Å²) in [6.45, 7) is 1.05. The third-order valence-corrected chi connectivity index (χ3v) is 1.31. The summed E-state index contributed by atoms with van der Waals surface area (Å²) in [4.78, 5) is 0. The fraction of sp³-hybridized carbons (Fsp3) is 0.800. The highest BCUT2D eigenvalue weighted by Crippen LogP contribution is 2.07. The van der Waals surface area contributed by atoms with Crippen molar-refractivity contribution in [2.24, 2.45) is 10.8 Å². The highest BCUT2D eigenvalue weighted by Gasteiger charge is 2.21. The van der Waals surface area contributed by atoms with E-state index in [-0.39, 0.29) is 24.0 Å². The first-order chi connectivity index (χ1) is 3.60. The second-order valence-corrected chi connectivity index (χ2v) is 2.69. The van der Waals surface area contributed by atoms with E-state index < -0.39 is 0 Å². The normalized spacial score (nSPS) is 22.7. The summed E-state index contributed by atoms with van der Waals surface area (Å²) in [5, 5.41) is 4.15. The van der Waals surface area contributed by atoms with E-state index in [1.54, 1.807) is 0 Å². The van der Waals surface area contributed by atoms with Crippen LogP contribution in [-0.2, 0) is 0 Å². The number of hydrogen-bond donors (Lipinski definition) is 1. The van der Waals surface area contributed by atoms with Gasteiger partial charge in [-0.25, -0.2) is 4.59 Å². The Hall–Kier alpha value is 0.160. The van der Waals surface area contributed by atoms with Gasteiger partial charge < -0.3 is 29.7 Å². The van der Waals surface area contributed by atoms with Crippen molar-refractivity contribution >= 4 is 5.84 Å². The van der Waals surface area contributed by atoms with Crippen LogP contribution in [0.25, 0.3) is 0 Å². The molecule has 3 nitrogen and oxygen atoms in total. The van der Waals surface area contributed by atoms with Gasteiger partial charge in [0, 0.05) is 0 Å². The van der Waals surface area contributed by atoms with Crippen LogP contribution in [-0.4, -0.2) is 31.1 Å². The molecule has 0 saturated carbocycles. The summed E-state index contributed by atoms with van der Waals surface area (Å²) in [6, 6.07) is 0. The molecule has 0 atom stereocenters. The molecule has 0 aromatic carbocycles. The van der Waals surface area contributed by atoms with Crippen LogP contribution >= 0.6 is 0 Å². The summed E-state index contributed by atoms with van der Waals surface area (Å²) in [7, 11) is 4.08. The molecule has 4 heteroatoms. The number of nitrogens with zero attached hydrogens (tertiary/aromatic N) is 2. The average molecular weight is 241 g/mol. The van der Waals surface area contributed by atoms with Gasteiger partial charge in [0.15, 0.2) is 5.84 Å². The molecule has 0 unspecified atom stereocenters. The Labute approximate surface area is 72.5 Å². The Morgan fingerprint density at radius 2 is 2.11 bits per heavy atom. The minimum Gasteiger partial charge on any atom is -1.00 e. The van der Waals surface area contributed by atoms with Crippen molar-refractivity contribution in [3.8, 4) is 0 Å². The monoisotopic (exact) mass is 241 g/mol. The van der Waals surface area contributed by atoms with Gasteiger partial charge in [0.05, 0.1) is 20.5 Å². The van der Waals surface area contributed by atoms with Crippen LogP contribution in [0, 0.1) is 0 Å². The molecule has 1 rings (SSSR count). The number of amidine groups is 1. The Morgan fingerprint density at radius 3 is 2.22 bits per heavy atom. The number of halogens is 1. The lowest BCUT2D eigenvalue weighted by molar-refractivity contribution is -0.891. The molecular weight excluding hydrogens is 229 g/mol. The van der Waals surface area contributed by atoms with E-state index in [2.05, 4.69) is 5.10 Å². The third-order valence-electron chi connectivity index (χ3n) is 1.31. The van der Waals surface area contributed by atoms with Gasteiger partial charge in [-0.3, -0.25) is 0 Å². The molecule has 0 spiro atoms. The fourth-order valence-corrected chi connectivity index (χ4v) is 0.836. The van der Waals surface area contributed by atoms with Crippen LogP contribution in [0.3, 0.4) is 0 Å². The standard InChI is InChI=1S/C5H12N3.HI/c1-8(2)4-3-5(6)7-8;/h3-4H2,1-2H3,(H2,6,7);1H/q+1;/p-1. The van der Waals surface area contributed by atoms with Gasteiger partial charge in [0.25, 0.3) is 0 Å². The molecule has 0 radical (unpaired) electrons.